The molecule has 29 heavy (non-hydrogen) atoms. The second-order valence-corrected chi connectivity index (χ2v) is 6.85. The summed E-state index contributed by atoms with van der Waals surface area (Å²) in [5.74, 6) is 1.12. The Morgan fingerprint density at radius 2 is 2.14 bits per heavy atom. The van der Waals surface area contributed by atoms with Crippen LogP contribution in [0.3, 0.4) is 0 Å². The van der Waals surface area contributed by atoms with E-state index in [0.717, 1.165) is 11.5 Å². The molecule has 0 spiro atoms. The zero-order chi connectivity index (χ0) is 20.6. The Labute approximate surface area is 169 Å². The summed E-state index contributed by atoms with van der Waals surface area (Å²) in [7, 11) is 0. The largest absolute Gasteiger partial charge is 0.467 e. The minimum atomic E-state index is -0.672. The third-order valence-electron chi connectivity index (χ3n) is 4.63. The topological polar surface area (TPSA) is 110 Å². The number of β-amino-alcohol motifs (C(OH)–C–C–N with tert-alkyl or cyclic N) is 1. The fourth-order valence-corrected chi connectivity index (χ4v) is 3.32. The summed E-state index contributed by atoms with van der Waals surface area (Å²) in [5, 5.41) is 10.3. The van der Waals surface area contributed by atoms with Gasteiger partial charge in [-0.2, -0.15) is 0 Å². The number of rotatable bonds is 11. The van der Waals surface area contributed by atoms with Crippen LogP contribution in [0.5, 0.6) is 0 Å². The zero-order valence-electron chi connectivity index (χ0n) is 16.9. The smallest absolute Gasteiger partial charge is 0.255 e. The monoisotopic (exact) mass is 407 g/mol. The number of H-pyrrole nitrogens is 1. The van der Waals surface area contributed by atoms with Gasteiger partial charge in [-0.1, -0.05) is 0 Å². The Bertz CT molecular complexity index is 801. The van der Waals surface area contributed by atoms with Gasteiger partial charge in [0, 0.05) is 39.3 Å². The number of aromatic amines is 1. The van der Waals surface area contributed by atoms with Gasteiger partial charge in [0.05, 0.1) is 30.2 Å². The molecule has 0 aliphatic carbocycles. The summed E-state index contributed by atoms with van der Waals surface area (Å²) < 4.78 is 21.7. The number of hydrogen-bond donors (Lipinski definition) is 2. The van der Waals surface area contributed by atoms with Crippen molar-refractivity contribution in [3.8, 4) is 0 Å². The molecule has 3 heterocycles. The van der Waals surface area contributed by atoms with Gasteiger partial charge < -0.3 is 28.7 Å². The van der Waals surface area contributed by atoms with Crippen LogP contribution in [-0.4, -0.2) is 59.0 Å². The van der Waals surface area contributed by atoms with Crippen LogP contribution < -0.4 is 5.56 Å². The van der Waals surface area contributed by atoms with Crippen molar-refractivity contribution in [2.75, 3.05) is 32.9 Å². The van der Waals surface area contributed by atoms with Gasteiger partial charge in [0.2, 0.25) is 6.29 Å². The fraction of sp³-hybridized carbons (Fsp3) is 0.600. The Kier molecular flexibility index (Phi) is 7.96. The van der Waals surface area contributed by atoms with Gasteiger partial charge >= 0.3 is 0 Å². The van der Waals surface area contributed by atoms with Crippen LogP contribution in [-0.2, 0) is 33.8 Å². The lowest BCUT2D eigenvalue weighted by molar-refractivity contribution is -0.145. The molecule has 9 nitrogen and oxygen atoms in total. The SMILES string of the molecule is CCOC(OCC)c1nc2c(c(=O)[nH]1)CN(C[C@@H](O)COCc1ccco1)CC2. The van der Waals surface area contributed by atoms with Crippen molar-refractivity contribution >= 4 is 0 Å². The van der Waals surface area contributed by atoms with Crippen LogP contribution >= 0.6 is 0 Å². The van der Waals surface area contributed by atoms with E-state index in [1.165, 1.54) is 0 Å². The Morgan fingerprint density at radius 3 is 2.83 bits per heavy atom. The van der Waals surface area contributed by atoms with E-state index in [4.69, 9.17) is 18.6 Å². The minimum absolute atomic E-state index is 0.192. The summed E-state index contributed by atoms with van der Waals surface area (Å²) in [6.45, 7) is 6.71. The molecule has 1 aliphatic rings. The molecule has 9 heteroatoms. The Balaban J connectivity index is 1.56. The molecule has 1 aliphatic heterocycles. The average molecular weight is 407 g/mol. The molecule has 0 fully saturated rings. The van der Waals surface area contributed by atoms with Gasteiger partial charge in [-0.05, 0) is 26.0 Å². The highest BCUT2D eigenvalue weighted by Crippen LogP contribution is 2.19. The average Bonchev–Trinajstić information content (AvgIpc) is 3.21. The van der Waals surface area contributed by atoms with E-state index in [-0.39, 0.29) is 12.2 Å². The van der Waals surface area contributed by atoms with Crippen LogP contribution in [0.25, 0.3) is 0 Å². The molecule has 0 saturated heterocycles. The number of ether oxygens (including phenoxy) is 3. The molecule has 0 saturated carbocycles. The maximum atomic E-state index is 12.6. The number of nitrogens with zero attached hydrogens (tertiary/aromatic N) is 2. The second-order valence-electron chi connectivity index (χ2n) is 6.85. The van der Waals surface area contributed by atoms with Gasteiger partial charge in [0.1, 0.15) is 12.4 Å². The molecule has 0 aromatic carbocycles. The molecule has 2 N–H and O–H groups in total. The van der Waals surface area contributed by atoms with Crippen molar-refractivity contribution in [3.05, 3.63) is 51.6 Å². The molecule has 0 amide bonds. The first-order valence-electron chi connectivity index (χ1n) is 9.96. The van der Waals surface area contributed by atoms with Crippen molar-refractivity contribution in [2.45, 2.75) is 45.8 Å². The standard InChI is InChI=1S/C20H29N3O6/c1-3-27-20(28-4-2)18-21-17-7-8-23(11-16(17)19(25)22-18)10-14(24)12-26-13-15-6-5-9-29-15/h5-6,9,14,20,24H,3-4,7-8,10-13H2,1-2H3,(H,21,22,25)/t14-/m1/s1. The van der Waals surface area contributed by atoms with Crippen LogP contribution in [0.15, 0.2) is 27.6 Å². The van der Waals surface area contributed by atoms with E-state index in [9.17, 15) is 9.90 Å². The Morgan fingerprint density at radius 1 is 1.34 bits per heavy atom. The molecule has 0 unspecified atom stereocenters. The number of nitrogens with one attached hydrogen (secondary N) is 1. The molecule has 2 aromatic rings. The van der Waals surface area contributed by atoms with Crippen molar-refractivity contribution in [1.82, 2.24) is 14.9 Å². The molecular formula is C20H29N3O6. The third-order valence-corrected chi connectivity index (χ3v) is 4.63. The lowest BCUT2D eigenvalue weighted by atomic mass is 10.1. The first-order valence-corrected chi connectivity index (χ1v) is 9.96. The number of aliphatic hydroxyl groups excluding tert-OH is 1. The number of hydrogen-bond acceptors (Lipinski definition) is 8. The predicted octanol–water partition coefficient (Wildman–Crippen LogP) is 1.37. The lowest BCUT2D eigenvalue weighted by Gasteiger charge is -2.29. The highest BCUT2D eigenvalue weighted by Gasteiger charge is 2.25. The zero-order valence-corrected chi connectivity index (χ0v) is 16.9. The number of aromatic nitrogens is 2. The van der Waals surface area contributed by atoms with E-state index >= 15 is 0 Å². The summed E-state index contributed by atoms with van der Waals surface area (Å²) >= 11 is 0. The van der Waals surface area contributed by atoms with Crippen LogP contribution in [0.1, 0.15) is 43.0 Å². The van der Waals surface area contributed by atoms with Crippen LogP contribution in [0, 0.1) is 0 Å². The first kappa shape index (κ1) is 21.7. The Hall–Kier alpha value is -2.04. The molecule has 0 bridgehead atoms. The summed E-state index contributed by atoms with van der Waals surface area (Å²) in [6.07, 6.45) is 0.881. The maximum absolute atomic E-state index is 12.6. The molecule has 1 atom stereocenters. The molecule has 2 aromatic heterocycles. The van der Waals surface area contributed by atoms with Gasteiger partial charge in [-0.25, -0.2) is 4.98 Å². The van der Waals surface area contributed by atoms with E-state index in [1.54, 1.807) is 12.3 Å². The van der Waals surface area contributed by atoms with E-state index in [0.29, 0.717) is 57.3 Å². The second kappa shape index (κ2) is 10.7. The highest BCUT2D eigenvalue weighted by atomic mass is 16.7. The van der Waals surface area contributed by atoms with Crippen LogP contribution in [0.2, 0.25) is 0 Å². The fourth-order valence-electron chi connectivity index (χ4n) is 3.32. The molecule has 160 valence electrons. The summed E-state index contributed by atoms with van der Waals surface area (Å²) in [4.78, 5) is 22.0. The van der Waals surface area contributed by atoms with E-state index < -0.39 is 12.4 Å². The highest BCUT2D eigenvalue weighted by molar-refractivity contribution is 5.21. The quantitative estimate of drug-likeness (QED) is 0.538. The molecule has 0 radical (unpaired) electrons. The minimum Gasteiger partial charge on any atom is -0.467 e. The lowest BCUT2D eigenvalue weighted by Crippen LogP contribution is -2.41. The van der Waals surface area contributed by atoms with Crippen molar-refractivity contribution < 1.29 is 23.7 Å². The van der Waals surface area contributed by atoms with Crippen molar-refractivity contribution in [1.29, 1.82) is 0 Å². The van der Waals surface area contributed by atoms with Crippen LogP contribution in [0.4, 0.5) is 0 Å². The predicted molar refractivity (Wildman–Crippen MR) is 104 cm³/mol. The number of aliphatic hydroxyl groups is 1. The first-order chi connectivity index (χ1) is 14.1. The molecular weight excluding hydrogens is 378 g/mol. The summed E-state index contributed by atoms with van der Waals surface area (Å²) in [5.41, 5.74) is 1.19. The van der Waals surface area contributed by atoms with Gasteiger partial charge in [0.25, 0.3) is 5.56 Å². The third kappa shape index (κ3) is 5.97. The van der Waals surface area contributed by atoms with Gasteiger partial charge in [-0.15, -0.1) is 0 Å². The van der Waals surface area contributed by atoms with Crippen molar-refractivity contribution in [3.63, 3.8) is 0 Å². The van der Waals surface area contributed by atoms with Gasteiger partial charge in [-0.3, -0.25) is 9.69 Å². The van der Waals surface area contributed by atoms with Gasteiger partial charge in [0.15, 0.2) is 5.82 Å². The number of fused-ring (bicyclic) bond motifs is 1. The van der Waals surface area contributed by atoms with E-state index in [1.807, 2.05) is 24.8 Å². The normalized spacial score (nSPS) is 15.6. The van der Waals surface area contributed by atoms with E-state index in [2.05, 4.69) is 9.97 Å². The maximum Gasteiger partial charge on any atom is 0.255 e. The van der Waals surface area contributed by atoms with Crippen molar-refractivity contribution in [2.24, 2.45) is 0 Å². The number of furan rings is 1. The molecule has 3 rings (SSSR count). The summed E-state index contributed by atoms with van der Waals surface area (Å²) in [6, 6.07) is 3.62.